The fourth-order valence-corrected chi connectivity index (χ4v) is 2.84. The van der Waals surface area contributed by atoms with Gasteiger partial charge in [0.2, 0.25) is 0 Å². The van der Waals surface area contributed by atoms with E-state index >= 15 is 0 Å². The van der Waals surface area contributed by atoms with Crippen LogP contribution in [0.25, 0.3) is 0 Å². The van der Waals surface area contributed by atoms with Gasteiger partial charge >= 0.3 is 0 Å². The molecule has 0 bridgehead atoms. The van der Waals surface area contributed by atoms with Crippen LogP contribution in [0.3, 0.4) is 0 Å². The maximum atomic E-state index is 9.75. The quantitative estimate of drug-likeness (QED) is 0.815. The van der Waals surface area contributed by atoms with Gasteiger partial charge < -0.3 is 10.4 Å². The molecule has 3 rings (SSSR count). The SMILES string of the molecule is Oc1ccccc1CN1CC(N2CCNCC2)C1. The molecule has 2 N–H and O–H groups in total. The van der Waals surface area contributed by atoms with Gasteiger partial charge in [0.25, 0.3) is 0 Å². The molecule has 0 atom stereocenters. The van der Waals surface area contributed by atoms with Crippen molar-refractivity contribution in [3.05, 3.63) is 29.8 Å². The molecule has 2 saturated heterocycles. The number of hydrogen-bond donors (Lipinski definition) is 2. The van der Waals surface area contributed by atoms with Gasteiger partial charge in [0.15, 0.2) is 0 Å². The summed E-state index contributed by atoms with van der Waals surface area (Å²) in [7, 11) is 0. The van der Waals surface area contributed by atoms with Crippen molar-refractivity contribution in [1.29, 1.82) is 0 Å². The summed E-state index contributed by atoms with van der Waals surface area (Å²) in [6, 6.07) is 8.36. The summed E-state index contributed by atoms with van der Waals surface area (Å²) in [5.41, 5.74) is 1.04. The fraction of sp³-hybridized carbons (Fsp3) is 0.571. The van der Waals surface area contributed by atoms with Gasteiger partial charge in [0, 0.05) is 57.4 Å². The maximum Gasteiger partial charge on any atom is 0.120 e. The van der Waals surface area contributed by atoms with Gasteiger partial charge in [-0.3, -0.25) is 9.80 Å². The minimum atomic E-state index is 0.420. The molecule has 18 heavy (non-hydrogen) atoms. The lowest BCUT2D eigenvalue weighted by atomic mass is 10.0. The minimum absolute atomic E-state index is 0.420. The monoisotopic (exact) mass is 247 g/mol. The van der Waals surface area contributed by atoms with Gasteiger partial charge in [-0.05, 0) is 6.07 Å². The van der Waals surface area contributed by atoms with Crippen molar-refractivity contribution >= 4 is 0 Å². The second-order valence-electron chi connectivity index (χ2n) is 5.26. The average molecular weight is 247 g/mol. The first kappa shape index (κ1) is 12.0. The highest BCUT2D eigenvalue weighted by molar-refractivity contribution is 5.31. The molecule has 1 aromatic rings. The van der Waals surface area contributed by atoms with E-state index in [0.717, 1.165) is 44.3 Å². The Bertz CT molecular complexity index is 398. The first-order valence-electron chi connectivity index (χ1n) is 6.77. The summed E-state index contributed by atoms with van der Waals surface area (Å²) in [4.78, 5) is 4.99. The zero-order valence-corrected chi connectivity index (χ0v) is 10.7. The predicted molar refractivity (Wildman–Crippen MR) is 71.6 cm³/mol. The number of para-hydroxylation sites is 1. The molecule has 0 radical (unpaired) electrons. The highest BCUT2D eigenvalue weighted by atomic mass is 16.3. The Morgan fingerprint density at radius 3 is 2.61 bits per heavy atom. The van der Waals surface area contributed by atoms with Crippen LogP contribution < -0.4 is 5.32 Å². The van der Waals surface area contributed by atoms with E-state index in [4.69, 9.17) is 0 Å². The van der Waals surface area contributed by atoms with Gasteiger partial charge in [-0.1, -0.05) is 18.2 Å². The second-order valence-corrected chi connectivity index (χ2v) is 5.26. The van der Waals surface area contributed by atoms with Crippen LogP contribution in [0.5, 0.6) is 5.75 Å². The second kappa shape index (κ2) is 5.26. The normalized spacial score (nSPS) is 22.9. The molecule has 1 aromatic carbocycles. The van der Waals surface area contributed by atoms with Crippen molar-refractivity contribution in [2.24, 2.45) is 0 Å². The van der Waals surface area contributed by atoms with Crippen molar-refractivity contribution < 1.29 is 5.11 Å². The standard InChI is InChI=1S/C14H21N3O/c18-14-4-2-1-3-12(14)9-16-10-13(11-16)17-7-5-15-6-8-17/h1-4,13,15,18H,5-11H2. The zero-order valence-electron chi connectivity index (χ0n) is 10.7. The molecule has 4 nitrogen and oxygen atoms in total. The lowest BCUT2D eigenvalue weighted by Crippen LogP contribution is -2.62. The third-order valence-electron chi connectivity index (χ3n) is 3.99. The van der Waals surface area contributed by atoms with Crippen molar-refractivity contribution in [3.8, 4) is 5.75 Å². The Balaban J connectivity index is 1.49. The smallest absolute Gasteiger partial charge is 0.120 e. The van der Waals surface area contributed by atoms with Gasteiger partial charge in [0.05, 0.1) is 0 Å². The van der Waals surface area contributed by atoms with E-state index in [9.17, 15) is 5.11 Å². The average Bonchev–Trinajstić information content (AvgIpc) is 2.36. The summed E-state index contributed by atoms with van der Waals surface area (Å²) in [6.45, 7) is 7.73. The van der Waals surface area contributed by atoms with Crippen LogP contribution in [-0.2, 0) is 6.54 Å². The molecule has 4 heteroatoms. The third-order valence-corrected chi connectivity index (χ3v) is 3.99. The molecule has 98 valence electrons. The molecule has 2 fully saturated rings. The van der Waals surface area contributed by atoms with Crippen molar-refractivity contribution in [3.63, 3.8) is 0 Å². The van der Waals surface area contributed by atoms with E-state index in [-0.39, 0.29) is 0 Å². The minimum Gasteiger partial charge on any atom is -0.508 e. The number of nitrogens with zero attached hydrogens (tertiary/aromatic N) is 2. The number of phenols is 1. The van der Waals surface area contributed by atoms with Gasteiger partial charge in [-0.15, -0.1) is 0 Å². The Hall–Kier alpha value is -1.10. The highest BCUT2D eigenvalue weighted by Gasteiger charge is 2.32. The molecule has 0 unspecified atom stereocenters. The number of phenolic OH excluding ortho intramolecular Hbond substituents is 1. The number of piperazine rings is 1. The van der Waals surface area contributed by atoms with Gasteiger partial charge in [-0.25, -0.2) is 0 Å². The maximum absolute atomic E-state index is 9.75. The summed E-state index contributed by atoms with van der Waals surface area (Å²) in [6.07, 6.45) is 0. The largest absolute Gasteiger partial charge is 0.508 e. The van der Waals surface area contributed by atoms with Crippen molar-refractivity contribution in [2.75, 3.05) is 39.3 Å². The summed E-state index contributed by atoms with van der Waals surface area (Å²) in [5, 5.41) is 13.1. The molecular weight excluding hydrogens is 226 g/mol. The first-order chi connectivity index (χ1) is 8.83. The lowest BCUT2D eigenvalue weighted by molar-refractivity contribution is 0.0219. The molecular formula is C14H21N3O. The van der Waals surface area contributed by atoms with Gasteiger partial charge in [0.1, 0.15) is 5.75 Å². The van der Waals surface area contributed by atoms with E-state index in [1.165, 1.54) is 13.1 Å². The number of aromatic hydroxyl groups is 1. The number of likely N-dealkylation sites (tertiary alicyclic amines) is 1. The molecule has 0 spiro atoms. The molecule has 2 heterocycles. The Morgan fingerprint density at radius 2 is 1.89 bits per heavy atom. The van der Waals surface area contributed by atoms with Crippen LogP contribution in [0.4, 0.5) is 0 Å². The fourth-order valence-electron chi connectivity index (χ4n) is 2.84. The lowest BCUT2D eigenvalue weighted by Gasteiger charge is -2.46. The molecule has 2 aliphatic rings. The van der Waals surface area contributed by atoms with Crippen LogP contribution in [-0.4, -0.2) is 60.2 Å². The zero-order chi connectivity index (χ0) is 12.4. The van der Waals surface area contributed by atoms with E-state index < -0.39 is 0 Å². The van der Waals surface area contributed by atoms with E-state index in [1.54, 1.807) is 6.07 Å². The van der Waals surface area contributed by atoms with E-state index in [0.29, 0.717) is 5.75 Å². The molecule has 0 aromatic heterocycles. The molecule has 0 saturated carbocycles. The van der Waals surface area contributed by atoms with E-state index in [1.807, 2.05) is 18.2 Å². The summed E-state index contributed by atoms with van der Waals surface area (Å²) < 4.78 is 0. The Morgan fingerprint density at radius 1 is 1.17 bits per heavy atom. The van der Waals surface area contributed by atoms with Crippen LogP contribution in [0.15, 0.2) is 24.3 Å². The van der Waals surface area contributed by atoms with Crippen molar-refractivity contribution in [1.82, 2.24) is 15.1 Å². The molecule has 2 aliphatic heterocycles. The summed E-state index contributed by atoms with van der Waals surface area (Å²) in [5.74, 6) is 0.420. The first-order valence-corrected chi connectivity index (χ1v) is 6.77. The topological polar surface area (TPSA) is 38.7 Å². The van der Waals surface area contributed by atoms with E-state index in [2.05, 4.69) is 15.1 Å². The number of rotatable bonds is 3. The third kappa shape index (κ3) is 2.51. The van der Waals surface area contributed by atoms with Crippen LogP contribution >= 0.6 is 0 Å². The van der Waals surface area contributed by atoms with Gasteiger partial charge in [-0.2, -0.15) is 0 Å². The van der Waals surface area contributed by atoms with Crippen molar-refractivity contribution in [2.45, 2.75) is 12.6 Å². The summed E-state index contributed by atoms with van der Waals surface area (Å²) >= 11 is 0. The Kier molecular flexibility index (Phi) is 3.50. The highest BCUT2D eigenvalue weighted by Crippen LogP contribution is 2.22. The van der Waals surface area contributed by atoms with Crippen LogP contribution in [0.1, 0.15) is 5.56 Å². The Labute approximate surface area is 108 Å². The number of benzene rings is 1. The molecule has 0 amide bonds. The number of nitrogens with one attached hydrogen (secondary N) is 1. The van der Waals surface area contributed by atoms with Crippen LogP contribution in [0, 0.1) is 0 Å². The van der Waals surface area contributed by atoms with Crippen LogP contribution in [0.2, 0.25) is 0 Å². The predicted octanol–water partition coefficient (Wildman–Crippen LogP) is 0.482. The molecule has 0 aliphatic carbocycles. The number of hydrogen-bond acceptors (Lipinski definition) is 4.